The SMILES string of the molecule is CN1CC(C)(C)C(=O)C(C(=O)c2ccc(Cl)cc2[N+](=O)[O-])C1=O. The highest BCUT2D eigenvalue weighted by Gasteiger charge is 2.49. The second-order valence-electron chi connectivity index (χ2n) is 6.16. The molecule has 8 heteroatoms. The molecule has 1 amide bonds. The van der Waals surface area contributed by atoms with Crippen LogP contribution in [0.5, 0.6) is 0 Å². The zero-order chi connectivity index (χ0) is 17.5. The summed E-state index contributed by atoms with van der Waals surface area (Å²) in [4.78, 5) is 49.1. The Labute approximate surface area is 137 Å². The third-order valence-electron chi connectivity index (χ3n) is 3.87. The lowest BCUT2D eigenvalue weighted by atomic mass is 9.74. The minimum atomic E-state index is -1.57. The number of hydrogen-bond donors (Lipinski definition) is 0. The van der Waals surface area contributed by atoms with E-state index in [2.05, 4.69) is 0 Å². The Balaban J connectivity index is 2.53. The third-order valence-corrected chi connectivity index (χ3v) is 4.10. The first kappa shape index (κ1) is 17.1. The second-order valence-corrected chi connectivity index (χ2v) is 6.59. The first-order valence-corrected chi connectivity index (χ1v) is 7.21. The number of likely N-dealkylation sites (tertiary alicyclic amines) is 1. The van der Waals surface area contributed by atoms with E-state index in [1.807, 2.05) is 0 Å². The first-order valence-electron chi connectivity index (χ1n) is 6.83. The summed E-state index contributed by atoms with van der Waals surface area (Å²) < 4.78 is 0. The molecule has 0 N–H and O–H groups in total. The average molecular weight is 339 g/mol. The van der Waals surface area contributed by atoms with E-state index in [0.29, 0.717) is 0 Å². The number of nitro groups is 1. The second kappa shape index (κ2) is 5.73. The molecule has 1 aliphatic heterocycles. The van der Waals surface area contributed by atoms with Crippen LogP contribution in [0.2, 0.25) is 5.02 Å². The largest absolute Gasteiger partial charge is 0.344 e. The molecule has 0 bridgehead atoms. The van der Waals surface area contributed by atoms with Gasteiger partial charge < -0.3 is 4.90 Å². The molecule has 1 saturated heterocycles. The van der Waals surface area contributed by atoms with Gasteiger partial charge in [-0.05, 0) is 12.1 Å². The van der Waals surface area contributed by atoms with E-state index in [0.717, 1.165) is 6.07 Å². The molecule has 1 atom stereocenters. The van der Waals surface area contributed by atoms with Crippen molar-refractivity contribution in [3.63, 3.8) is 0 Å². The van der Waals surface area contributed by atoms with Crippen molar-refractivity contribution in [3.05, 3.63) is 38.9 Å². The fraction of sp³-hybridized carbons (Fsp3) is 0.400. The van der Waals surface area contributed by atoms with Crippen LogP contribution in [0, 0.1) is 21.4 Å². The lowest BCUT2D eigenvalue weighted by Crippen LogP contribution is -2.55. The fourth-order valence-electron chi connectivity index (χ4n) is 2.72. The highest BCUT2D eigenvalue weighted by molar-refractivity contribution is 6.31. The van der Waals surface area contributed by atoms with E-state index < -0.39 is 39.4 Å². The maximum atomic E-state index is 12.7. The predicted octanol–water partition coefficient (Wildman–Crippen LogP) is 2.11. The number of halogens is 1. The molecule has 1 heterocycles. The Morgan fingerprint density at radius 1 is 1.39 bits per heavy atom. The van der Waals surface area contributed by atoms with E-state index in [9.17, 15) is 24.5 Å². The average Bonchev–Trinajstić information content (AvgIpc) is 2.45. The van der Waals surface area contributed by atoms with Gasteiger partial charge in [0.15, 0.2) is 17.5 Å². The summed E-state index contributed by atoms with van der Waals surface area (Å²) in [7, 11) is 1.49. The highest BCUT2D eigenvalue weighted by Crippen LogP contribution is 2.33. The minimum Gasteiger partial charge on any atom is -0.344 e. The lowest BCUT2D eigenvalue weighted by molar-refractivity contribution is -0.385. The Morgan fingerprint density at radius 2 is 2.00 bits per heavy atom. The van der Waals surface area contributed by atoms with Crippen molar-refractivity contribution in [3.8, 4) is 0 Å². The maximum Gasteiger partial charge on any atom is 0.281 e. The Bertz CT molecular complexity index is 729. The van der Waals surface area contributed by atoms with Crippen molar-refractivity contribution in [1.29, 1.82) is 0 Å². The van der Waals surface area contributed by atoms with Gasteiger partial charge >= 0.3 is 0 Å². The predicted molar refractivity (Wildman–Crippen MR) is 82.4 cm³/mol. The van der Waals surface area contributed by atoms with Gasteiger partial charge in [0, 0.05) is 30.1 Å². The van der Waals surface area contributed by atoms with E-state index in [1.54, 1.807) is 13.8 Å². The van der Waals surface area contributed by atoms with Crippen LogP contribution in [0.15, 0.2) is 18.2 Å². The van der Waals surface area contributed by atoms with Crippen molar-refractivity contribution in [1.82, 2.24) is 4.90 Å². The van der Waals surface area contributed by atoms with E-state index in [4.69, 9.17) is 11.6 Å². The molecule has 1 aromatic carbocycles. The lowest BCUT2D eigenvalue weighted by Gasteiger charge is -2.38. The molecule has 1 fully saturated rings. The van der Waals surface area contributed by atoms with E-state index in [1.165, 1.54) is 24.1 Å². The van der Waals surface area contributed by atoms with Crippen LogP contribution in [0.4, 0.5) is 5.69 Å². The zero-order valence-corrected chi connectivity index (χ0v) is 13.6. The third kappa shape index (κ3) is 2.96. The van der Waals surface area contributed by atoms with Gasteiger partial charge in [-0.25, -0.2) is 0 Å². The molecule has 0 spiro atoms. The molecule has 0 radical (unpaired) electrons. The Kier molecular flexibility index (Phi) is 4.26. The molecule has 122 valence electrons. The maximum absolute atomic E-state index is 12.7. The number of rotatable bonds is 3. The molecule has 1 aromatic rings. The summed E-state index contributed by atoms with van der Waals surface area (Å²) in [6.45, 7) is 3.46. The van der Waals surface area contributed by atoms with Gasteiger partial charge in [-0.1, -0.05) is 25.4 Å². The van der Waals surface area contributed by atoms with Crippen LogP contribution in [0.3, 0.4) is 0 Å². The van der Waals surface area contributed by atoms with Gasteiger partial charge in [0.25, 0.3) is 5.69 Å². The molecule has 0 saturated carbocycles. The van der Waals surface area contributed by atoms with Crippen molar-refractivity contribution in [2.75, 3.05) is 13.6 Å². The van der Waals surface area contributed by atoms with Crippen molar-refractivity contribution in [2.45, 2.75) is 13.8 Å². The van der Waals surface area contributed by atoms with Crippen molar-refractivity contribution >= 4 is 34.8 Å². The standard InChI is InChI=1S/C15H15ClN2O5/c1-15(2)7-17(3)14(21)11(13(15)20)12(19)9-5-4-8(16)6-10(9)18(22)23/h4-6,11H,7H2,1-3H3. The van der Waals surface area contributed by atoms with Crippen molar-refractivity contribution in [2.24, 2.45) is 11.3 Å². The molecule has 1 aliphatic rings. The summed E-state index contributed by atoms with van der Waals surface area (Å²) in [6.07, 6.45) is 0. The number of nitrogens with zero attached hydrogens (tertiary/aromatic N) is 2. The van der Waals surface area contributed by atoms with Gasteiger partial charge in [0.2, 0.25) is 5.91 Å². The van der Waals surface area contributed by atoms with Gasteiger partial charge in [0.1, 0.15) is 0 Å². The van der Waals surface area contributed by atoms with Gasteiger partial charge in [-0.3, -0.25) is 24.5 Å². The number of amides is 1. The smallest absolute Gasteiger partial charge is 0.281 e. The molecule has 1 unspecified atom stereocenters. The van der Waals surface area contributed by atoms with Gasteiger partial charge in [-0.2, -0.15) is 0 Å². The zero-order valence-electron chi connectivity index (χ0n) is 12.8. The summed E-state index contributed by atoms with van der Waals surface area (Å²) in [5.74, 6) is -3.62. The molecular formula is C15H15ClN2O5. The normalized spacial score (nSPS) is 20.5. The van der Waals surface area contributed by atoms with Crippen LogP contribution in [0.25, 0.3) is 0 Å². The number of benzene rings is 1. The molecule has 23 heavy (non-hydrogen) atoms. The minimum absolute atomic E-state index is 0.0898. The number of Topliss-reactive ketones (excluding diaryl/α,β-unsaturated/α-hetero) is 2. The quantitative estimate of drug-likeness (QED) is 0.364. The van der Waals surface area contributed by atoms with Crippen molar-refractivity contribution < 1.29 is 19.3 Å². The monoisotopic (exact) mass is 338 g/mol. The number of nitro benzene ring substituents is 1. The highest BCUT2D eigenvalue weighted by atomic mass is 35.5. The van der Waals surface area contributed by atoms with Crippen LogP contribution in [-0.4, -0.2) is 40.9 Å². The Morgan fingerprint density at radius 3 is 2.57 bits per heavy atom. The van der Waals surface area contributed by atoms with Crippen LogP contribution < -0.4 is 0 Å². The molecule has 0 aromatic heterocycles. The fourth-order valence-corrected chi connectivity index (χ4v) is 2.89. The van der Waals surface area contributed by atoms with Gasteiger partial charge in [-0.15, -0.1) is 0 Å². The van der Waals surface area contributed by atoms with E-state index >= 15 is 0 Å². The van der Waals surface area contributed by atoms with E-state index in [-0.39, 0.29) is 17.1 Å². The molecular weight excluding hydrogens is 324 g/mol. The molecule has 2 rings (SSSR count). The number of piperidine rings is 1. The Hall–Kier alpha value is -2.28. The summed E-state index contributed by atoms with van der Waals surface area (Å²) in [6, 6.07) is 3.51. The number of ketones is 2. The summed E-state index contributed by atoms with van der Waals surface area (Å²) >= 11 is 5.72. The first-order chi connectivity index (χ1) is 10.6. The van der Waals surface area contributed by atoms with Gasteiger partial charge in [0.05, 0.1) is 10.5 Å². The van der Waals surface area contributed by atoms with Crippen LogP contribution in [0.1, 0.15) is 24.2 Å². The summed E-state index contributed by atoms with van der Waals surface area (Å²) in [5.41, 5.74) is -1.71. The number of carbonyl (C=O) groups is 3. The van der Waals surface area contributed by atoms with Crippen LogP contribution >= 0.6 is 11.6 Å². The van der Waals surface area contributed by atoms with Crippen LogP contribution in [-0.2, 0) is 9.59 Å². The summed E-state index contributed by atoms with van der Waals surface area (Å²) in [5, 5.41) is 11.2. The number of carbonyl (C=O) groups excluding carboxylic acids is 3. The number of hydrogen-bond acceptors (Lipinski definition) is 5. The molecule has 0 aliphatic carbocycles. The molecule has 7 nitrogen and oxygen atoms in total. The topological polar surface area (TPSA) is 97.6 Å².